The van der Waals surface area contributed by atoms with Gasteiger partial charge in [-0.1, -0.05) is 17.7 Å². The minimum atomic E-state index is -0.124. The van der Waals surface area contributed by atoms with E-state index in [0.717, 1.165) is 42.9 Å². The molecular formula is C20H23N5O2. The number of nitrogens with zero attached hydrogens (tertiary/aromatic N) is 5. The van der Waals surface area contributed by atoms with Gasteiger partial charge >= 0.3 is 0 Å². The highest BCUT2D eigenvalue weighted by atomic mass is 16.3. The van der Waals surface area contributed by atoms with Gasteiger partial charge in [-0.25, -0.2) is 9.67 Å². The molecule has 1 fully saturated rings. The Morgan fingerprint density at radius 1 is 1.07 bits per heavy atom. The van der Waals surface area contributed by atoms with E-state index in [1.54, 1.807) is 17.2 Å². The van der Waals surface area contributed by atoms with Gasteiger partial charge in [-0.15, -0.1) is 5.10 Å². The third-order valence-electron chi connectivity index (χ3n) is 4.86. The van der Waals surface area contributed by atoms with E-state index >= 15 is 0 Å². The molecule has 0 unspecified atom stereocenters. The molecule has 1 aromatic carbocycles. The molecule has 1 aliphatic rings. The van der Waals surface area contributed by atoms with Crippen molar-refractivity contribution in [3.8, 4) is 17.1 Å². The topological polar surface area (TPSA) is 67.4 Å². The van der Waals surface area contributed by atoms with Crippen LogP contribution in [-0.2, 0) is 0 Å². The number of furan rings is 1. The smallest absolute Gasteiger partial charge is 0.293 e. The van der Waals surface area contributed by atoms with Crippen LogP contribution in [0.1, 0.15) is 22.6 Å². The number of benzene rings is 1. The molecule has 0 radical (unpaired) electrons. The normalized spacial score (nSPS) is 15.7. The molecule has 3 aromatic rings. The summed E-state index contributed by atoms with van der Waals surface area (Å²) in [5, 5.41) is 4.55. The average Bonchev–Trinajstić information content (AvgIpc) is 3.29. The van der Waals surface area contributed by atoms with Crippen molar-refractivity contribution < 1.29 is 9.21 Å². The van der Waals surface area contributed by atoms with Gasteiger partial charge in [0.1, 0.15) is 6.26 Å². The average molecular weight is 365 g/mol. The van der Waals surface area contributed by atoms with E-state index in [-0.39, 0.29) is 11.7 Å². The lowest BCUT2D eigenvalue weighted by Gasteiger charge is -2.18. The summed E-state index contributed by atoms with van der Waals surface area (Å²) in [7, 11) is 2.08. The van der Waals surface area contributed by atoms with Gasteiger partial charge in [0.15, 0.2) is 5.82 Å². The second-order valence-electron chi connectivity index (χ2n) is 6.97. The summed E-state index contributed by atoms with van der Waals surface area (Å²) in [6, 6.07) is 9.81. The van der Waals surface area contributed by atoms with Crippen molar-refractivity contribution in [2.24, 2.45) is 0 Å². The van der Waals surface area contributed by atoms with Crippen LogP contribution < -0.4 is 0 Å². The lowest BCUT2D eigenvalue weighted by Crippen LogP contribution is -2.35. The molecule has 0 bridgehead atoms. The molecule has 27 heavy (non-hydrogen) atoms. The molecule has 0 saturated carbocycles. The Hall–Kier alpha value is -2.93. The SMILES string of the molecule is Cc1ccc(-n2nc(C(=O)N3CCCN(C)CC3)nc2-c2ccoc2)cc1. The highest BCUT2D eigenvalue weighted by Crippen LogP contribution is 2.22. The molecule has 0 aliphatic carbocycles. The molecule has 140 valence electrons. The second-order valence-corrected chi connectivity index (χ2v) is 6.97. The van der Waals surface area contributed by atoms with Gasteiger partial charge in [0.25, 0.3) is 5.91 Å². The van der Waals surface area contributed by atoms with E-state index in [9.17, 15) is 4.79 Å². The Labute approximate surface area is 158 Å². The van der Waals surface area contributed by atoms with Gasteiger partial charge in [-0.3, -0.25) is 4.79 Å². The first kappa shape index (κ1) is 17.5. The fourth-order valence-corrected chi connectivity index (χ4v) is 3.24. The lowest BCUT2D eigenvalue weighted by molar-refractivity contribution is 0.0750. The van der Waals surface area contributed by atoms with Crippen molar-refractivity contribution in [1.29, 1.82) is 0 Å². The highest BCUT2D eigenvalue weighted by Gasteiger charge is 2.25. The van der Waals surface area contributed by atoms with E-state index in [1.807, 2.05) is 42.2 Å². The number of likely N-dealkylation sites (N-methyl/N-ethyl adjacent to an activating group) is 1. The van der Waals surface area contributed by atoms with Gasteiger partial charge in [-0.2, -0.15) is 0 Å². The molecule has 0 atom stereocenters. The number of aromatic nitrogens is 3. The van der Waals surface area contributed by atoms with E-state index in [2.05, 4.69) is 22.0 Å². The summed E-state index contributed by atoms with van der Waals surface area (Å²) in [6.45, 7) is 5.31. The Balaban J connectivity index is 1.70. The molecule has 0 spiro atoms. The second kappa shape index (κ2) is 7.36. The largest absolute Gasteiger partial charge is 0.472 e. The number of aryl methyl sites for hydroxylation is 1. The van der Waals surface area contributed by atoms with Crippen LogP contribution in [0.3, 0.4) is 0 Å². The van der Waals surface area contributed by atoms with Crippen molar-refractivity contribution >= 4 is 5.91 Å². The van der Waals surface area contributed by atoms with Crippen molar-refractivity contribution in [3.63, 3.8) is 0 Å². The molecule has 7 heteroatoms. The van der Waals surface area contributed by atoms with E-state index in [0.29, 0.717) is 12.4 Å². The molecule has 1 saturated heterocycles. The maximum atomic E-state index is 13.0. The lowest BCUT2D eigenvalue weighted by atomic mass is 10.2. The van der Waals surface area contributed by atoms with Crippen LogP contribution in [0.15, 0.2) is 47.3 Å². The summed E-state index contributed by atoms with van der Waals surface area (Å²) in [6.07, 6.45) is 4.16. The Morgan fingerprint density at radius 2 is 1.89 bits per heavy atom. The highest BCUT2D eigenvalue weighted by molar-refractivity contribution is 5.91. The summed E-state index contributed by atoms with van der Waals surface area (Å²) >= 11 is 0. The number of amides is 1. The maximum absolute atomic E-state index is 13.0. The van der Waals surface area contributed by atoms with Crippen LogP contribution in [0, 0.1) is 6.92 Å². The van der Waals surface area contributed by atoms with Crippen molar-refractivity contribution in [1.82, 2.24) is 24.6 Å². The standard InChI is InChI=1S/C20H23N5O2/c1-15-4-6-17(7-5-15)25-19(16-8-13-27-14-16)21-18(22-25)20(26)24-10-3-9-23(2)11-12-24/h4-8,13-14H,3,9-12H2,1-2H3. The number of carbonyl (C=O) groups excluding carboxylic acids is 1. The summed E-state index contributed by atoms with van der Waals surface area (Å²) in [5.41, 5.74) is 2.81. The first-order valence-corrected chi connectivity index (χ1v) is 9.16. The third kappa shape index (κ3) is 3.64. The molecule has 1 amide bonds. The van der Waals surface area contributed by atoms with Crippen LogP contribution in [0.4, 0.5) is 0 Å². The quantitative estimate of drug-likeness (QED) is 0.714. The number of rotatable bonds is 3. The van der Waals surface area contributed by atoms with Crippen LogP contribution in [0.25, 0.3) is 17.1 Å². The summed E-state index contributed by atoms with van der Waals surface area (Å²) in [4.78, 5) is 21.7. The Bertz CT molecular complexity index is 915. The molecule has 4 rings (SSSR count). The van der Waals surface area contributed by atoms with Gasteiger partial charge < -0.3 is 14.2 Å². The summed E-state index contributed by atoms with van der Waals surface area (Å²) in [5.74, 6) is 0.695. The Kier molecular flexibility index (Phi) is 4.77. The van der Waals surface area contributed by atoms with Crippen LogP contribution in [0.5, 0.6) is 0 Å². The zero-order chi connectivity index (χ0) is 18.8. The van der Waals surface area contributed by atoms with Gasteiger partial charge in [-0.05, 0) is 45.1 Å². The predicted molar refractivity (Wildman–Crippen MR) is 102 cm³/mol. The fourth-order valence-electron chi connectivity index (χ4n) is 3.24. The number of carbonyl (C=O) groups is 1. The zero-order valence-corrected chi connectivity index (χ0v) is 15.6. The van der Waals surface area contributed by atoms with Crippen LogP contribution in [-0.4, -0.2) is 63.7 Å². The summed E-state index contributed by atoms with van der Waals surface area (Å²) < 4.78 is 6.92. The van der Waals surface area contributed by atoms with E-state index in [1.165, 1.54) is 0 Å². The molecule has 0 N–H and O–H groups in total. The maximum Gasteiger partial charge on any atom is 0.293 e. The molecule has 7 nitrogen and oxygen atoms in total. The number of hydrogen-bond acceptors (Lipinski definition) is 5. The first-order valence-electron chi connectivity index (χ1n) is 9.16. The minimum Gasteiger partial charge on any atom is -0.472 e. The van der Waals surface area contributed by atoms with E-state index in [4.69, 9.17) is 4.42 Å². The van der Waals surface area contributed by atoms with Crippen molar-refractivity contribution in [3.05, 3.63) is 54.2 Å². The van der Waals surface area contributed by atoms with Crippen molar-refractivity contribution in [2.45, 2.75) is 13.3 Å². The third-order valence-corrected chi connectivity index (χ3v) is 4.86. The Morgan fingerprint density at radius 3 is 2.63 bits per heavy atom. The van der Waals surface area contributed by atoms with Gasteiger partial charge in [0, 0.05) is 19.6 Å². The molecule has 2 aromatic heterocycles. The zero-order valence-electron chi connectivity index (χ0n) is 15.6. The van der Waals surface area contributed by atoms with E-state index < -0.39 is 0 Å². The molecular weight excluding hydrogens is 342 g/mol. The molecule has 1 aliphatic heterocycles. The predicted octanol–water partition coefficient (Wildman–Crippen LogP) is 2.61. The van der Waals surface area contributed by atoms with Gasteiger partial charge in [0.05, 0.1) is 17.5 Å². The number of hydrogen-bond donors (Lipinski definition) is 0. The monoisotopic (exact) mass is 365 g/mol. The first-order chi connectivity index (χ1) is 13.1. The fraction of sp³-hybridized carbons (Fsp3) is 0.350. The van der Waals surface area contributed by atoms with Crippen LogP contribution >= 0.6 is 0 Å². The van der Waals surface area contributed by atoms with Crippen LogP contribution in [0.2, 0.25) is 0 Å². The minimum absolute atomic E-state index is 0.124. The van der Waals surface area contributed by atoms with Crippen molar-refractivity contribution in [2.75, 3.05) is 33.2 Å². The van der Waals surface area contributed by atoms with Gasteiger partial charge in [0.2, 0.25) is 5.82 Å². The molecule has 3 heterocycles.